The molecule has 0 bridgehead atoms. The molecular weight excluding hydrogens is 288 g/mol. The van der Waals surface area contributed by atoms with Crippen molar-refractivity contribution >= 4 is 5.69 Å². The average molecular weight is 306 g/mol. The Labute approximate surface area is 120 Å². The standard InChI is InChI=1S/C14H18F4N2O/c15-12-9-11(21-8-5-14(16,17)18)1-2-13(12)20-6-3-10(19)4-7-20/h1-2,9-10H,3-8,19H2. The molecule has 3 nitrogen and oxygen atoms in total. The van der Waals surface area contributed by atoms with Gasteiger partial charge < -0.3 is 15.4 Å². The Hall–Kier alpha value is -1.50. The van der Waals surface area contributed by atoms with Crippen LogP contribution in [0.5, 0.6) is 5.75 Å². The van der Waals surface area contributed by atoms with Crippen molar-refractivity contribution in [3.63, 3.8) is 0 Å². The van der Waals surface area contributed by atoms with Crippen molar-refractivity contribution in [1.29, 1.82) is 0 Å². The molecule has 0 amide bonds. The Morgan fingerprint density at radius 2 is 1.90 bits per heavy atom. The van der Waals surface area contributed by atoms with Crippen molar-refractivity contribution in [2.75, 3.05) is 24.6 Å². The van der Waals surface area contributed by atoms with Gasteiger partial charge in [-0.3, -0.25) is 0 Å². The van der Waals surface area contributed by atoms with Gasteiger partial charge in [0.2, 0.25) is 0 Å². The molecule has 1 saturated heterocycles. The van der Waals surface area contributed by atoms with Crippen molar-refractivity contribution in [3.05, 3.63) is 24.0 Å². The summed E-state index contributed by atoms with van der Waals surface area (Å²) in [4.78, 5) is 1.89. The largest absolute Gasteiger partial charge is 0.493 e. The van der Waals surface area contributed by atoms with E-state index in [1.54, 1.807) is 0 Å². The zero-order valence-corrected chi connectivity index (χ0v) is 11.5. The van der Waals surface area contributed by atoms with Crippen molar-refractivity contribution in [2.45, 2.75) is 31.5 Å². The normalized spacial score (nSPS) is 17.1. The van der Waals surface area contributed by atoms with Gasteiger partial charge in [0.15, 0.2) is 0 Å². The highest BCUT2D eigenvalue weighted by molar-refractivity contribution is 5.51. The van der Waals surface area contributed by atoms with E-state index in [0.29, 0.717) is 18.8 Å². The van der Waals surface area contributed by atoms with Crippen molar-refractivity contribution in [3.8, 4) is 5.75 Å². The molecule has 1 fully saturated rings. The Balaban J connectivity index is 1.94. The molecule has 1 aliphatic rings. The lowest BCUT2D eigenvalue weighted by Gasteiger charge is -2.32. The number of nitrogens with zero attached hydrogens (tertiary/aromatic N) is 1. The molecule has 2 rings (SSSR count). The Morgan fingerprint density at radius 3 is 2.48 bits per heavy atom. The molecule has 7 heteroatoms. The maximum absolute atomic E-state index is 14.0. The first kappa shape index (κ1) is 15.9. The molecule has 0 aromatic heterocycles. The number of benzene rings is 1. The number of nitrogens with two attached hydrogens (primary N) is 1. The molecular formula is C14H18F4N2O. The van der Waals surface area contributed by atoms with Crippen LogP contribution in [-0.2, 0) is 0 Å². The van der Waals surface area contributed by atoms with Crippen molar-refractivity contribution in [1.82, 2.24) is 0 Å². The van der Waals surface area contributed by atoms with Gasteiger partial charge in [-0.15, -0.1) is 0 Å². The fraction of sp³-hybridized carbons (Fsp3) is 0.571. The Bertz CT molecular complexity index is 471. The number of anilines is 1. The predicted octanol–water partition coefficient (Wildman–Crippen LogP) is 3.08. The number of piperidine rings is 1. The van der Waals surface area contributed by atoms with Crippen LogP contribution in [0.3, 0.4) is 0 Å². The molecule has 0 atom stereocenters. The highest BCUT2D eigenvalue weighted by Crippen LogP contribution is 2.27. The van der Waals surface area contributed by atoms with E-state index in [2.05, 4.69) is 0 Å². The van der Waals surface area contributed by atoms with E-state index < -0.39 is 25.0 Å². The zero-order chi connectivity index (χ0) is 15.5. The molecule has 1 heterocycles. The molecule has 0 unspecified atom stereocenters. The van der Waals surface area contributed by atoms with Gasteiger partial charge in [0.25, 0.3) is 0 Å². The van der Waals surface area contributed by atoms with E-state index in [1.807, 2.05) is 4.90 Å². The van der Waals surface area contributed by atoms with Crippen LogP contribution in [0.2, 0.25) is 0 Å². The lowest BCUT2D eigenvalue weighted by molar-refractivity contribution is -0.139. The highest BCUT2D eigenvalue weighted by atomic mass is 19.4. The van der Waals surface area contributed by atoms with E-state index in [0.717, 1.165) is 18.9 Å². The lowest BCUT2D eigenvalue weighted by atomic mass is 10.1. The van der Waals surface area contributed by atoms with Crippen LogP contribution in [0.4, 0.5) is 23.2 Å². The number of ether oxygens (including phenoxy) is 1. The fourth-order valence-electron chi connectivity index (χ4n) is 2.26. The topological polar surface area (TPSA) is 38.5 Å². The van der Waals surface area contributed by atoms with Crippen LogP contribution >= 0.6 is 0 Å². The van der Waals surface area contributed by atoms with E-state index in [1.165, 1.54) is 12.1 Å². The van der Waals surface area contributed by atoms with Crippen LogP contribution in [0.15, 0.2) is 18.2 Å². The second-order valence-corrected chi connectivity index (χ2v) is 5.15. The molecule has 0 saturated carbocycles. The third-order valence-electron chi connectivity index (χ3n) is 3.45. The number of halogens is 4. The van der Waals surface area contributed by atoms with Gasteiger partial charge in [0.1, 0.15) is 11.6 Å². The first-order chi connectivity index (χ1) is 9.85. The Morgan fingerprint density at radius 1 is 1.24 bits per heavy atom. The second-order valence-electron chi connectivity index (χ2n) is 5.15. The molecule has 1 aromatic rings. The molecule has 0 spiro atoms. The van der Waals surface area contributed by atoms with Gasteiger partial charge in [0.05, 0.1) is 18.7 Å². The summed E-state index contributed by atoms with van der Waals surface area (Å²) in [5.74, 6) is -0.385. The van der Waals surface area contributed by atoms with E-state index in [4.69, 9.17) is 10.5 Å². The lowest BCUT2D eigenvalue weighted by Crippen LogP contribution is -2.40. The smallest absolute Gasteiger partial charge is 0.392 e. The summed E-state index contributed by atoms with van der Waals surface area (Å²) in [7, 11) is 0. The van der Waals surface area contributed by atoms with Crippen LogP contribution in [0.1, 0.15) is 19.3 Å². The first-order valence-electron chi connectivity index (χ1n) is 6.85. The Kier molecular flexibility index (Phi) is 4.92. The molecule has 0 radical (unpaired) electrons. The minimum absolute atomic E-state index is 0.106. The zero-order valence-electron chi connectivity index (χ0n) is 11.5. The molecule has 118 valence electrons. The van der Waals surface area contributed by atoms with Crippen molar-refractivity contribution < 1.29 is 22.3 Å². The highest BCUT2D eigenvalue weighted by Gasteiger charge is 2.27. The van der Waals surface area contributed by atoms with Crippen LogP contribution in [0.25, 0.3) is 0 Å². The minimum atomic E-state index is -4.27. The number of hydrogen-bond acceptors (Lipinski definition) is 3. The van der Waals surface area contributed by atoms with E-state index in [9.17, 15) is 17.6 Å². The second kappa shape index (κ2) is 6.51. The van der Waals surface area contributed by atoms with Gasteiger partial charge in [-0.2, -0.15) is 13.2 Å². The van der Waals surface area contributed by atoms with Gasteiger partial charge in [-0.1, -0.05) is 0 Å². The fourth-order valence-corrected chi connectivity index (χ4v) is 2.26. The third-order valence-corrected chi connectivity index (χ3v) is 3.45. The van der Waals surface area contributed by atoms with Gasteiger partial charge in [0, 0.05) is 25.2 Å². The summed E-state index contributed by atoms with van der Waals surface area (Å²) in [6.07, 6.45) is -3.74. The van der Waals surface area contributed by atoms with E-state index in [-0.39, 0.29) is 11.8 Å². The maximum Gasteiger partial charge on any atom is 0.392 e. The SMILES string of the molecule is NC1CCN(c2ccc(OCCC(F)(F)F)cc2F)CC1. The summed E-state index contributed by atoms with van der Waals surface area (Å²) < 4.78 is 55.0. The summed E-state index contributed by atoms with van der Waals surface area (Å²) in [5.41, 5.74) is 6.23. The summed E-state index contributed by atoms with van der Waals surface area (Å²) in [6, 6.07) is 4.30. The number of alkyl halides is 3. The average Bonchev–Trinajstić information content (AvgIpc) is 2.39. The molecule has 2 N–H and O–H groups in total. The monoisotopic (exact) mass is 306 g/mol. The first-order valence-corrected chi connectivity index (χ1v) is 6.85. The number of rotatable bonds is 4. The van der Waals surface area contributed by atoms with Gasteiger partial charge in [-0.25, -0.2) is 4.39 Å². The summed E-state index contributed by atoms with van der Waals surface area (Å²) >= 11 is 0. The minimum Gasteiger partial charge on any atom is -0.493 e. The number of hydrogen-bond donors (Lipinski definition) is 1. The van der Waals surface area contributed by atoms with E-state index >= 15 is 0 Å². The maximum atomic E-state index is 14.0. The van der Waals surface area contributed by atoms with Gasteiger partial charge >= 0.3 is 6.18 Å². The molecule has 0 aliphatic carbocycles. The summed E-state index contributed by atoms with van der Waals surface area (Å²) in [6.45, 7) is 0.833. The predicted molar refractivity (Wildman–Crippen MR) is 72.0 cm³/mol. The van der Waals surface area contributed by atoms with Crippen LogP contribution < -0.4 is 15.4 Å². The molecule has 1 aliphatic heterocycles. The molecule has 1 aromatic carbocycles. The third kappa shape index (κ3) is 4.77. The van der Waals surface area contributed by atoms with Gasteiger partial charge in [-0.05, 0) is 25.0 Å². The molecule has 21 heavy (non-hydrogen) atoms. The van der Waals surface area contributed by atoms with Crippen molar-refractivity contribution in [2.24, 2.45) is 5.73 Å². The van der Waals surface area contributed by atoms with Crippen LogP contribution in [0, 0.1) is 5.82 Å². The summed E-state index contributed by atoms with van der Waals surface area (Å²) in [5, 5.41) is 0. The van der Waals surface area contributed by atoms with Crippen LogP contribution in [-0.4, -0.2) is 31.9 Å². The quantitative estimate of drug-likeness (QED) is 0.869.